The van der Waals surface area contributed by atoms with E-state index in [4.69, 9.17) is 16.9 Å². The molecule has 0 bridgehead atoms. The van der Waals surface area contributed by atoms with Crippen molar-refractivity contribution in [1.82, 2.24) is 19.9 Å². The fourth-order valence-electron chi connectivity index (χ4n) is 2.94. The number of carbonyl (C=O) groups is 1. The molecule has 0 spiro atoms. The molecule has 4 rings (SSSR count). The number of pyridine rings is 2. The van der Waals surface area contributed by atoms with Crippen LogP contribution in [0.15, 0.2) is 61.1 Å². The Morgan fingerprint density at radius 2 is 1.97 bits per heavy atom. The molecule has 8 nitrogen and oxygen atoms in total. The van der Waals surface area contributed by atoms with Crippen LogP contribution in [0.4, 0.5) is 15.9 Å². The number of nitrogens with zero attached hydrogens (tertiary/aromatic N) is 4. The van der Waals surface area contributed by atoms with Crippen LogP contribution in [0.25, 0.3) is 11.1 Å². The Labute approximate surface area is 188 Å². The van der Waals surface area contributed by atoms with Crippen molar-refractivity contribution in [1.29, 1.82) is 0 Å². The molecule has 0 aliphatic heterocycles. The summed E-state index contributed by atoms with van der Waals surface area (Å²) in [4.78, 5) is 28.8. The van der Waals surface area contributed by atoms with Gasteiger partial charge in [0.25, 0.3) is 5.91 Å². The number of halogens is 1. The minimum absolute atomic E-state index is 0.0354. The van der Waals surface area contributed by atoms with E-state index in [2.05, 4.69) is 31.2 Å². The summed E-state index contributed by atoms with van der Waals surface area (Å²) in [5, 5.41) is 2.76. The summed E-state index contributed by atoms with van der Waals surface area (Å²) in [6, 6.07) is 10.7. The van der Waals surface area contributed by atoms with Gasteiger partial charge in [0.2, 0.25) is 0 Å². The Morgan fingerprint density at radius 1 is 1.12 bits per heavy atom. The summed E-state index contributed by atoms with van der Waals surface area (Å²) in [7, 11) is 0. The third-order valence-electron chi connectivity index (χ3n) is 4.56. The molecule has 3 N–H and O–H groups in total. The lowest BCUT2D eigenvalue weighted by Crippen LogP contribution is -2.13. The molecule has 4 aromatic rings. The lowest BCUT2D eigenvalue weighted by atomic mass is 10.0. The van der Waals surface area contributed by atoms with Crippen LogP contribution in [0, 0.1) is 25.1 Å². The van der Waals surface area contributed by atoms with Gasteiger partial charge in [0.15, 0.2) is 11.6 Å². The zero-order valence-corrected chi connectivity index (χ0v) is 17.4. The van der Waals surface area contributed by atoms with Gasteiger partial charge in [0.05, 0.1) is 11.3 Å². The second-order valence-electron chi connectivity index (χ2n) is 6.91. The number of rotatable bonds is 5. The van der Waals surface area contributed by atoms with Crippen LogP contribution in [-0.2, 0) is 0 Å². The van der Waals surface area contributed by atoms with Gasteiger partial charge >= 0.3 is 6.01 Å². The molecule has 0 saturated heterocycles. The maximum Gasteiger partial charge on any atom is 0.322 e. The summed E-state index contributed by atoms with van der Waals surface area (Å²) in [5.74, 6) is 1.46. The summed E-state index contributed by atoms with van der Waals surface area (Å²) >= 11 is 0. The smallest absolute Gasteiger partial charge is 0.322 e. The lowest BCUT2D eigenvalue weighted by Gasteiger charge is -2.13. The first-order valence-corrected chi connectivity index (χ1v) is 9.70. The molecule has 0 radical (unpaired) electrons. The predicted octanol–water partition coefficient (Wildman–Crippen LogP) is 3.99. The monoisotopic (exact) mass is 440 g/mol. The molecular formula is C24H17FN6O2. The number of terminal acetylenes is 1. The number of nitrogen functional groups attached to an aromatic ring is 1. The van der Waals surface area contributed by atoms with Crippen molar-refractivity contribution in [2.24, 2.45) is 0 Å². The number of aryl methyl sites for hydroxylation is 1. The van der Waals surface area contributed by atoms with E-state index in [1.54, 1.807) is 31.2 Å². The van der Waals surface area contributed by atoms with Gasteiger partial charge in [0.1, 0.15) is 11.5 Å². The van der Waals surface area contributed by atoms with E-state index in [1.165, 1.54) is 36.8 Å². The van der Waals surface area contributed by atoms with Crippen LogP contribution in [0.5, 0.6) is 11.8 Å². The topological polar surface area (TPSA) is 116 Å². The zero-order chi connectivity index (χ0) is 23.4. The van der Waals surface area contributed by atoms with Gasteiger partial charge < -0.3 is 15.8 Å². The molecule has 1 amide bonds. The molecule has 9 heteroatoms. The van der Waals surface area contributed by atoms with E-state index >= 15 is 0 Å². The quantitative estimate of drug-likeness (QED) is 0.451. The molecule has 33 heavy (non-hydrogen) atoms. The minimum atomic E-state index is -0.638. The van der Waals surface area contributed by atoms with Gasteiger partial charge in [-0.2, -0.15) is 0 Å². The number of anilines is 2. The number of benzene rings is 1. The average molecular weight is 440 g/mol. The van der Waals surface area contributed by atoms with Gasteiger partial charge in [-0.15, -0.1) is 6.42 Å². The van der Waals surface area contributed by atoms with Crippen LogP contribution in [0.1, 0.15) is 21.7 Å². The Hall–Kier alpha value is -4.84. The SMILES string of the molecule is C#Cc1ccc(C(=O)Nc2cc(N)ncc2-c2ccc(Oc3nccc(C)n3)c(F)c2)cn1. The number of hydrogen-bond donors (Lipinski definition) is 2. The van der Waals surface area contributed by atoms with Crippen molar-refractivity contribution >= 4 is 17.4 Å². The van der Waals surface area contributed by atoms with E-state index in [0.717, 1.165) is 0 Å². The fourth-order valence-corrected chi connectivity index (χ4v) is 2.94. The summed E-state index contributed by atoms with van der Waals surface area (Å²) in [6.07, 6.45) is 9.63. The summed E-state index contributed by atoms with van der Waals surface area (Å²) < 4.78 is 20.2. The Bertz CT molecular complexity index is 1380. The first-order chi connectivity index (χ1) is 15.9. The maximum absolute atomic E-state index is 14.8. The van der Waals surface area contributed by atoms with Gasteiger partial charge in [-0.3, -0.25) is 4.79 Å². The first kappa shape index (κ1) is 21.4. The predicted molar refractivity (Wildman–Crippen MR) is 121 cm³/mol. The second-order valence-corrected chi connectivity index (χ2v) is 6.91. The van der Waals surface area contributed by atoms with Gasteiger partial charge in [0, 0.05) is 35.9 Å². The van der Waals surface area contributed by atoms with Gasteiger partial charge in [-0.25, -0.2) is 24.3 Å². The Balaban J connectivity index is 1.62. The van der Waals surface area contributed by atoms with Crippen LogP contribution in [-0.4, -0.2) is 25.8 Å². The second kappa shape index (κ2) is 9.11. The molecule has 3 aromatic heterocycles. The third kappa shape index (κ3) is 4.91. The number of carbonyl (C=O) groups excluding carboxylic acids is 1. The summed E-state index contributed by atoms with van der Waals surface area (Å²) in [5.41, 5.74) is 8.46. The van der Waals surface area contributed by atoms with Crippen LogP contribution in [0.2, 0.25) is 0 Å². The van der Waals surface area contributed by atoms with Crippen LogP contribution < -0.4 is 15.8 Å². The van der Waals surface area contributed by atoms with E-state index in [-0.39, 0.29) is 17.6 Å². The first-order valence-electron chi connectivity index (χ1n) is 9.70. The Kier molecular flexibility index (Phi) is 5.91. The number of nitrogens with two attached hydrogens (primary N) is 1. The molecule has 0 unspecified atom stereocenters. The molecular weight excluding hydrogens is 423 g/mol. The average Bonchev–Trinajstić information content (AvgIpc) is 2.81. The summed E-state index contributed by atoms with van der Waals surface area (Å²) in [6.45, 7) is 1.78. The molecule has 0 aliphatic rings. The largest absolute Gasteiger partial charge is 0.421 e. The third-order valence-corrected chi connectivity index (χ3v) is 4.56. The minimum Gasteiger partial charge on any atom is -0.421 e. The molecule has 0 aliphatic carbocycles. The molecule has 0 fully saturated rings. The van der Waals surface area contributed by atoms with Crippen molar-refractivity contribution in [2.75, 3.05) is 11.1 Å². The lowest BCUT2D eigenvalue weighted by molar-refractivity contribution is 0.102. The van der Waals surface area contributed by atoms with E-state index in [1.807, 2.05) is 0 Å². The molecule has 1 aromatic carbocycles. The fraction of sp³-hybridized carbons (Fsp3) is 0.0417. The normalized spacial score (nSPS) is 10.3. The Morgan fingerprint density at radius 3 is 2.67 bits per heavy atom. The standard InChI is InChI=1S/C24H17FN6O2/c1-3-17-6-4-16(12-28-17)23(32)31-20-11-22(26)29-13-18(20)15-5-7-21(19(25)10-15)33-24-27-9-8-14(2)30-24/h1,4-13H,2H3,(H3,26,29,31,32). The van der Waals surface area contributed by atoms with Crippen molar-refractivity contribution < 1.29 is 13.9 Å². The van der Waals surface area contributed by atoms with Crippen molar-refractivity contribution in [3.8, 4) is 35.2 Å². The van der Waals surface area contributed by atoms with E-state index in [0.29, 0.717) is 33.8 Å². The van der Waals surface area contributed by atoms with Crippen molar-refractivity contribution in [3.63, 3.8) is 0 Å². The highest BCUT2D eigenvalue weighted by atomic mass is 19.1. The number of amides is 1. The highest BCUT2D eigenvalue weighted by Crippen LogP contribution is 2.32. The van der Waals surface area contributed by atoms with E-state index in [9.17, 15) is 9.18 Å². The molecule has 3 heterocycles. The highest BCUT2D eigenvalue weighted by Gasteiger charge is 2.15. The van der Waals surface area contributed by atoms with Gasteiger partial charge in [-0.1, -0.05) is 12.0 Å². The number of nitrogens with one attached hydrogen (secondary N) is 1. The maximum atomic E-state index is 14.8. The van der Waals surface area contributed by atoms with Crippen LogP contribution >= 0.6 is 0 Å². The number of aromatic nitrogens is 4. The molecule has 162 valence electrons. The van der Waals surface area contributed by atoms with E-state index < -0.39 is 11.7 Å². The molecule has 0 atom stereocenters. The zero-order valence-electron chi connectivity index (χ0n) is 17.4. The van der Waals surface area contributed by atoms with Gasteiger partial charge in [-0.05, 0) is 42.8 Å². The number of ether oxygens (including phenoxy) is 1. The number of hydrogen-bond acceptors (Lipinski definition) is 7. The highest BCUT2D eigenvalue weighted by molar-refractivity contribution is 6.06. The van der Waals surface area contributed by atoms with Crippen LogP contribution in [0.3, 0.4) is 0 Å². The molecule has 0 saturated carbocycles. The van der Waals surface area contributed by atoms with Crippen molar-refractivity contribution in [2.45, 2.75) is 6.92 Å². The van der Waals surface area contributed by atoms with Crippen molar-refractivity contribution in [3.05, 3.63) is 83.8 Å².